The normalized spacial score (nSPS) is 11.1. The van der Waals surface area contributed by atoms with Gasteiger partial charge in [0.15, 0.2) is 0 Å². The quantitative estimate of drug-likeness (QED) is 0.729. The average Bonchev–Trinajstić information content (AvgIpc) is 2.19. The Bertz CT molecular complexity index is 310. The first-order chi connectivity index (χ1) is 6.56. The zero-order valence-electron chi connectivity index (χ0n) is 8.32. The van der Waals surface area contributed by atoms with Crippen molar-refractivity contribution in [3.8, 4) is 0 Å². The lowest BCUT2D eigenvalue weighted by Crippen LogP contribution is -2.37. The van der Waals surface area contributed by atoms with E-state index < -0.39 is 5.41 Å². The van der Waals surface area contributed by atoms with Gasteiger partial charge >= 0.3 is 0 Å². The molecule has 0 aromatic carbocycles. The van der Waals surface area contributed by atoms with Crippen LogP contribution in [0.5, 0.6) is 0 Å². The Morgan fingerprint density at radius 1 is 1.50 bits per heavy atom. The largest absolute Gasteiger partial charge is 0.329 e. The molecule has 5 nitrogen and oxygen atoms in total. The monoisotopic (exact) mass is 194 g/mol. The molecule has 1 aromatic rings. The number of rotatable bonds is 3. The Balaban J connectivity index is 2.67. The van der Waals surface area contributed by atoms with Gasteiger partial charge in [0.2, 0.25) is 5.91 Å². The highest BCUT2D eigenvalue weighted by Gasteiger charge is 2.25. The third-order valence-electron chi connectivity index (χ3n) is 1.94. The highest BCUT2D eigenvalue weighted by molar-refractivity contribution is 5.94. The third kappa shape index (κ3) is 2.50. The molecule has 0 radical (unpaired) electrons. The smallest absolute Gasteiger partial charge is 0.231 e. The van der Waals surface area contributed by atoms with E-state index in [0.717, 1.165) is 0 Å². The third-order valence-corrected chi connectivity index (χ3v) is 1.94. The van der Waals surface area contributed by atoms with E-state index in [2.05, 4.69) is 15.3 Å². The van der Waals surface area contributed by atoms with E-state index in [-0.39, 0.29) is 5.91 Å². The van der Waals surface area contributed by atoms with E-state index >= 15 is 0 Å². The maximum Gasteiger partial charge on any atom is 0.231 e. The molecule has 1 rings (SSSR count). The predicted molar refractivity (Wildman–Crippen MR) is 53.5 cm³/mol. The Hall–Kier alpha value is -1.49. The van der Waals surface area contributed by atoms with Gasteiger partial charge in [-0.3, -0.25) is 4.79 Å². The van der Waals surface area contributed by atoms with Crippen molar-refractivity contribution in [3.05, 3.63) is 18.7 Å². The van der Waals surface area contributed by atoms with Crippen LogP contribution in [0.15, 0.2) is 18.7 Å². The van der Waals surface area contributed by atoms with Crippen molar-refractivity contribution in [1.29, 1.82) is 0 Å². The Labute approximate surface area is 82.7 Å². The van der Waals surface area contributed by atoms with Gasteiger partial charge in [-0.2, -0.15) is 0 Å². The van der Waals surface area contributed by atoms with Crippen molar-refractivity contribution in [2.75, 3.05) is 11.9 Å². The standard InChI is InChI=1S/C9H14N4O/c1-9(2,5-10)8(14)13-7-3-11-6-12-4-7/h3-4,6H,5,10H2,1-2H3,(H,13,14). The van der Waals surface area contributed by atoms with E-state index in [1.54, 1.807) is 13.8 Å². The predicted octanol–water partition coefficient (Wildman–Crippen LogP) is 0.400. The minimum absolute atomic E-state index is 0.130. The number of carbonyl (C=O) groups is 1. The summed E-state index contributed by atoms with van der Waals surface area (Å²) in [4.78, 5) is 19.2. The number of nitrogens with two attached hydrogens (primary N) is 1. The Kier molecular flexibility index (Phi) is 3.14. The molecular formula is C9H14N4O. The zero-order valence-corrected chi connectivity index (χ0v) is 8.32. The van der Waals surface area contributed by atoms with Gasteiger partial charge in [0.1, 0.15) is 6.33 Å². The summed E-state index contributed by atoms with van der Waals surface area (Å²) >= 11 is 0. The van der Waals surface area contributed by atoms with Crippen LogP contribution in [0.25, 0.3) is 0 Å². The van der Waals surface area contributed by atoms with Gasteiger partial charge in [-0.05, 0) is 13.8 Å². The minimum atomic E-state index is -0.574. The van der Waals surface area contributed by atoms with Gasteiger partial charge in [-0.1, -0.05) is 0 Å². The zero-order chi connectivity index (χ0) is 10.6. The number of carbonyl (C=O) groups excluding carboxylic acids is 1. The Morgan fingerprint density at radius 3 is 2.57 bits per heavy atom. The summed E-state index contributed by atoms with van der Waals surface area (Å²) in [6.07, 6.45) is 4.48. The second-order valence-electron chi connectivity index (χ2n) is 3.67. The summed E-state index contributed by atoms with van der Waals surface area (Å²) in [7, 11) is 0. The van der Waals surface area contributed by atoms with Gasteiger partial charge in [0.05, 0.1) is 23.5 Å². The van der Waals surface area contributed by atoms with E-state index in [0.29, 0.717) is 12.2 Å². The lowest BCUT2D eigenvalue weighted by Gasteiger charge is -2.20. The summed E-state index contributed by atoms with van der Waals surface area (Å²) in [6, 6.07) is 0. The second-order valence-corrected chi connectivity index (χ2v) is 3.67. The fraction of sp³-hybridized carbons (Fsp3) is 0.444. The number of hydrogen-bond acceptors (Lipinski definition) is 4. The van der Waals surface area contributed by atoms with Crippen molar-refractivity contribution in [2.24, 2.45) is 11.1 Å². The van der Waals surface area contributed by atoms with E-state index in [9.17, 15) is 4.79 Å². The number of aromatic nitrogens is 2. The van der Waals surface area contributed by atoms with Gasteiger partial charge in [-0.25, -0.2) is 9.97 Å². The Morgan fingerprint density at radius 2 is 2.07 bits per heavy atom. The molecule has 0 fully saturated rings. The molecule has 0 saturated heterocycles. The molecule has 0 aliphatic heterocycles. The molecule has 0 aliphatic carbocycles. The molecule has 3 N–H and O–H groups in total. The second kappa shape index (κ2) is 4.15. The van der Waals surface area contributed by atoms with Crippen molar-refractivity contribution in [3.63, 3.8) is 0 Å². The van der Waals surface area contributed by atoms with Crippen LogP contribution in [0, 0.1) is 5.41 Å². The first kappa shape index (κ1) is 10.6. The summed E-state index contributed by atoms with van der Waals surface area (Å²) in [6.45, 7) is 3.87. The van der Waals surface area contributed by atoms with E-state index in [1.807, 2.05) is 0 Å². The molecule has 76 valence electrons. The molecule has 0 atom stereocenters. The fourth-order valence-corrected chi connectivity index (χ4v) is 0.757. The summed E-state index contributed by atoms with van der Waals surface area (Å²) < 4.78 is 0. The maximum atomic E-state index is 11.6. The molecule has 1 amide bonds. The molecule has 0 bridgehead atoms. The summed E-state index contributed by atoms with van der Waals surface area (Å²) in [5.74, 6) is -0.130. The highest BCUT2D eigenvalue weighted by Crippen LogP contribution is 2.15. The first-order valence-electron chi connectivity index (χ1n) is 4.33. The van der Waals surface area contributed by atoms with Gasteiger partial charge in [0, 0.05) is 6.54 Å². The molecular weight excluding hydrogens is 180 g/mol. The molecule has 5 heteroatoms. The van der Waals surface area contributed by atoms with Crippen LogP contribution in [0.2, 0.25) is 0 Å². The van der Waals surface area contributed by atoms with Crippen molar-refractivity contribution >= 4 is 11.6 Å². The van der Waals surface area contributed by atoms with Crippen LogP contribution in [0.1, 0.15) is 13.8 Å². The number of nitrogens with one attached hydrogen (secondary N) is 1. The van der Waals surface area contributed by atoms with Crippen LogP contribution >= 0.6 is 0 Å². The number of anilines is 1. The molecule has 14 heavy (non-hydrogen) atoms. The lowest BCUT2D eigenvalue weighted by molar-refractivity contribution is -0.123. The molecule has 0 unspecified atom stereocenters. The van der Waals surface area contributed by atoms with Crippen molar-refractivity contribution < 1.29 is 4.79 Å². The first-order valence-corrected chi connectivity index (χ1v) is 4.33. The van der Waals surface area contributed by atoms with Crippen molar-refractivity contribution in [1.82, 2.24) is 9.97 Å². The van der Waals surface area contributed by atoms with Gasteiger partial charge in [0.25, 0.3) is 0 Å². The van der Waals surface area contributed by atoms with Crippen LogP contribution in [0.3, 0.4) is 0 Å². The summed E-state index contributed by atoms with van der Waals surface area (Å²) in [5, 5.41) is 2.69. The topological polar surface area (TPSA) is 80.9 Å². The van der Waals surface area contributed by atoms with E-state index in [1.165, 1.54) is 18.7 Å². The number of hydrogen-bond donors (Lipinski definition) is 2. The number of amides is 1. The molecule has 0 saturated carbocycles. The van der Waals surface area contributed by atoms with E-state index in [4.69, 9.17) is 5.73 Å². The maximum absolute atomic E-state index is 11.6. The SMILES string of the molecule is CC(C)(CN)C(=O)Nc1cncnc1. The van der Waals surface area contributed by atoms with Gasteiger partial charge < -0.3 is 11.1 Å². The van der Waals surface area contributed by atoms with Crippen LogP contribution < -0.4 is 11.1 Å². The highest BCUT2D eigenvalue weighted by atomic mass is 16.2. The molecule has 1 aromatic heterocycles. The lowest BCUT2D eigenvalue weighted by atomic mass is 9.93. The molecule has 0 aliphatic rings. The van der Waals surface area contributed by atoms with Crippen LogP contribution in [-0.4, -0.2) is 22.4 Å². The summed E-state index contributed by atoms with van der Waals surface area (Å²) in [5.41, 5.74) is 5.48. The molecule has 0 spiro atoms. The number of nitrogens with zero attached hydrogens (tertiary/aromatic N) is 2. The van der Waals surface area contributed by atoms with Crippen LogP contribution in [0.4, 0.5) is 5.69 Å². The van der Waals surface area contributed by atoms with Crippen molar-refractivity contribution in [2.45, 2.75) is 13.8 Å². The van der Waals surface area contributed by atoms with Crippen LogP contribution in [-0.2, 0) is 4.79 Å². The average molecular weight is 194 g/mol. The fourth-order valence-electron chi connectivity index (χ4n) is 0.757. The minimum Gasteiger partial charge on any atom is -0.329 e. The van der Waals surface area contributed by atoms with Gasteiger partial charge in [-0.15, -0.1) is 0 Å². The molecule has 1 heterocycles.